The van der Waals surface area contributed by atoms with Gasteiger partial charge in [0.1, 0.15) is 5.69 Å². The molecular formula is C15H18N2O2. The molecular weight excluding hydrogens is 240 g/mol. The fraction of sp³-hybridized carbons (Fsp3) is 0.400. The molecule has 1 aromatic heterocycles. The van der Waals surface area contributed by atoms with E-state index >= 15 is 0 Å². The maximum absolute atomic E-state index is 12.3. The monoisotopic (exact) mass is 258 g/mol. The summed E-state index contributed by atoms with van der Waals surface area (Å²) in [5, 5.41) is 13.5. The van der Waals surface area contributed by atoms with Gasteiger partial charge in [0.15, 0.2) is 0 Å². The zero-order valence-electron chi connectivity index (χ0n) is 10.9. The van der Waals surface area contributed by atoms with E-state index in [1.807, 2.05) is 37.3 Å². The van der Waals surface area contributed by atoms with Crippen molar-refractivity contribution in [3.63, 3.8) is 0 Å². The van der Waals surface area contributed by atoms with Gasteiger partial charge in [-0.2, -0.15) is 0 Å². The number of nitrogens with one attached hydrogen (secondary N) is 2. The number of fused-ring (bicyclic) bond motifs is 1. The molecule has 0 radical (unpaired) electrons. The number of carbonyl (C=O) groups excluding carboxylic acids is 1. The number of hydrogen-bond donors (Lipinski definition) is 3. The fourth-order valence-electron chi connectivity index (χ4n) is 2.51. The predicted octanol–water partition coefficient (Wildman–Crippen LogP) is 2.06. The first-order valence-electron chi connectivity index (χ1n) is 6.63. The molecule has 100 valence electrons. The minimum absolute atomic E-state index is 0.0242. The quantitative estimate of drug-likeness (QED) is 0.786. The van der Waals surface area contributed by atoms with Gasteiger partial charge in [-0.25, -0.2) is 0 Å². The maximum Gasteiger partial charge on any atom is 0.268 e. The lowest BCUT2D eigenvalue weighted by Gasteiger charge is -2.28. The van der Waals surface area contributed by atoms with Crippen LogP contribution in [0.3, 0.4) is 0 Å². The molecule has 0 aliphatic heterocycles. The number of carbonyl (C=O) groups is 1. The van der Waals surface area contributed by atoms with Crippen molar-refractivity contribution in [2.75, 3.05) is 6.61 Å². The Morgan fingerprint density at radius 1 is 1.47 bits per heavy atom. The Kier molecular flexibility index (Phi) is 2.82. The molecule has 1 aromatic carbocycles. The summed E-state index contributed by atoms with van der Waals surface area (Å²) in [4.78, 5) is 15.4. The first-order chi connectivity index (χ1) is 9.12. The van der Waals surface area contributed by atoms with Crippen LogP contribution in [0.2, 0.25) is 0 Å². The molecule has 1 unspecified atom stereocenters. The van der Waals surface area contributed by atoms with Gasteiger partial charge in [-0.1, -0.05) is 18.2 Å². The Bertz CT molecular complexity index is 582. The summed E-state index contributed by atoms with van der Waals surface area (Å²) < 4.78 is 0. The minimum Gasteiger partial charge on any atom is -0.394 e. The summed E-state index contributed by atoms with van der Waals surface area (Å²) in [6.45, 7) is 1.88. The molecule has 1 atom stereocenters. The van der Waals surface area contributed by atoms with Crippen molar-refractivity contribution in [3.05, 3.63) is 36.0 Å². The first-order valence-corrected chi connectivity index (χ1v) is 6.63. The predicted molar refractivity (Wildman–Crippen MR) is 74.0 cm³/mol. The van der Waals surface area contributed by atoms with Gasteiger partial charge in [-0.15, -0.1) is 0 Å². The molecule has 1 saturated carbocycles. The summed E-state index contributed by atoms with van der Waals surface area (Å²) in [6.07, 6.45) is 2.15. The number of benzene rings is 1. The van der Waals surface area contributed by atoms with Gasteiger partial charge in [-0.05, 0) is 37.8 Å². The van der Waals surface area contributed by atoms with Crippen LogP contribution in [0.4, 0.5) is 0 Å². The van der Waals surface area contributed by atoms with Crippen LogP contribution in [-0.4, -0.2) is 28.1 Å². The third-order valence-corrected chi connectivity index (χ3v) is 3.98. The smallest absolute Gasteiger partial charge is 0.268 e. The molecule has 3 N–H and O–H groups in total. The fourth-order valence-corrected chi connectivity index (χ4v) is 2.51. The number of para-hydroxylation sites is 1. The van der Waals surface area contributed by atoms with Crippen LogP contribution >= 0.6 is 0 Å². The van der Waals surface area contributed by atoms with Crippen molar-refractivity contribution in [2.24, 2.45) is 5.92 Å². The number of aromatic nitrogens is 1. The highest BCUT2D eigenvalue weighted by Gasteiger charge is 2.42. The number of rotatable bonds is 4. The van der Waals surface area contributed by atoms with Crippen LogP contribution in [-0.2, 0) is 0 Å². The maximum atomic E-state index is 12.3. The number of aromatic amines is 1. The molecule has 1 heterocycles. The van der Waals surface area contributed by atoms with Crippen LogP contribution in [0.25, 0.3) is 10.9 Å². The first kappa shape index (κ1) is 12.2. The Morgan fingerprint density at radius 2 is 2.21 bits per heavy atom. The molecule has 2 aromatic rings. The van der Waals surface area contributed by atoms with Crippen molar-refractivity contribution in [1.82, 2.24) is 10.3 Å². The van der Waals surface area contributed by atoms with E-state index in [0.717, 1.165) is 23.7 Å². The largest absolute Gasteiger partial charge is 0.394 e. The summed E-state index contributed by atoms with van der Waals surface area (Å²) in [5.41, 5.74) is 0.986. The van der Waals surface area contributed by atoms with Crippen LogP contribution in [0.1, 0.15) is 30.3 Å². The van der Waals surface area contributed by atoms with Gasteiger partial charge >= 0.3 is 0 Å². The Morgan fingerprint density at radius 3 is 2.84 bits per heavy atom. The summed E-state index contributed by atoms with van der Waals surface area (Å²) in [6, 6.07) is 9.63. The van der Waals surface area contributed by atoms with Gasteiger partial charge in [-0.3, -0.25) is 4.79 Å². The molecule has 0 spiro atoms. The van der Waals surface area contributed by atoms with Crippen molar-refractivity contribution < 1.29 is 9.90 Å². The normalized spacial score (nSPS) is 18.2. The van der Waals surface area contributed by atoms with Gasteiger partial charge in [0.2, 0.25) is 0 Å². The molecule has 19 heavy (non-hydrogen) atoms. The molecule has 4 nitrogen and oxygen atoms in total. The molecule has 4 heteroatoms. The number of hydrogen-bond acceptors (Lipinski definition) is 2. The Balaban J connectivity index is 1.83. The van der Waals surface area contributed by atoms with Crippen LogP contribution in [0.5, 0.6) is 0 Å². The van der Waals surface area contributed by atoms with E-state index in [1.165, 1.54) is 0 Å². The van der Waals surface area contributed by atoms with E-state index in [4.69, 9.17) is 0 Å². The molecule has 1 aliphatic carbocycles. The van der Waals surface area contributed by atoms with Gasteiger partial charge in [0.05, 0.1) is 12.1 Å². The average Bonchev–Trinajstić information content (AvgIpc) is 3.18. The van der Waals surface area contributed by atoms with E-state index in [9.17, 15) is 9.90 Å². The zero-order chi connectivity index (χ0) is 13.5. The van der Waals surface area contributed by atoms with E-state index < -0.39 is 5.54 Å². The highest BCUT2D eigenvalue weighted by atomic mass is 16.3. The van der Waals surface area contributed by atoms with Crippen molar-refractivity contribution >= 4 is 16.8 Å². The SMILES string of the molecule is CC(CO)(NC(=O)c1cc2ccccc2[nH]1)C1CC1. The van der Waals surface area contributed by atoms with Crippen molar-refractivity contribution in [2.45, 2.75) is 25.3 Å². The van der Waals surface area contributed by atoms with Crippen LogP contribution in [0.15, 0.2) is 30.3 Å². The minimum atomic E-state index is -0.506. The summed E-state index contributed by atoms with van der Waals surface area (Å²) >= 11 is 0. The second-order valence-corrected chi connectivity index (χ2v) is 5.57. The van der Waals surface area contributed by atoms with Gasteiger partial charge in [0, 0.05) is 10.9 Å². The Labute approximate surface area is 111 Å². The molecule has 1 aliphatic rings. The lowest BCUT2D eigenvalue weighted by Crippen LogP contribution is -2.50. The highest BCUT2D eigenvalue weighted by Crippen LogP contribution is 2.39. The molecule has 0 bridgehead atoms. The molecule has 3 rings (SSSR count). The van der Waals surface area contributed by atoms with Gasteiger partial charge in [0.25, 0.3) is 5.91 Å². The number of amides is 1. The van der Waals surface area contributed by atoms with E-state index in [2.05, 4.69) is 10.3 Å². The lowest BCUT2D eigenvalue weighted by molar-refractivity contribution is 0.0820. The standard InChI is InChI=1S/C15H18N2O2/c1-15(9-18,11-6-7-11)17-14(19)13-8-10-4-2-3-5-12(10)16-13/h2-5,8,11,16,18H,6-7,9H2,1H3,(H,17,19). The molecule has 1 fully saturated rings. The number of aliphatic hydroxyl groups excluding tert-OH is 1. The highest BCUT2D eigenvalue weighted by molar-refractivity contribution is 5.98. The van der Waals surface area contributed by atoms with Gasteiger partial charge < -0.3 is 15.4 Å². The summed E-state index contributed by atoms with van der Waals surface area (Å²) in [5.74, 6) is 0.241. The Hall–Kier alpha value is -1.81. The molecule has 1 amide bonds. The summed E-state index contributed by atoms with van der Waals surface area (Å²) in [7, 11) is 0. The van der Waals surface area contributed by atoms with Crippen LogP contribution in [0, 0.1) is 5.92 Å². The van der Waals surface area contributed by atoms with Crippen LogP contribution < -0.4 is 5.32 Å². The second-order valence-electron chi connectivity index (χ2n) is 5.57. The average molecular weight is 258 g/mol. The second kappa shape index (κ2) is 4.38. The van der Waals surface area contributed by atoms with Crippen molar-refractivity contribution in [1.29, 1.82) is 0 Å². The zero-order valence-corrected chi connectivity index (χ0v) is 10.9. The number of H-pyrrole nitrogens is 1. The third kappa shape index (κ3) is 2.24. The van der Waals surface area contributed by atoms with E-state index in [1.54, 1.807) is 0 Å². The lowest BCUT2D eigenvalue weighted by atomic mass is 9.97. The van der Waals surface area contributed by atoms with E-state index in [0.29, 0.717) is 11.6 Å². The third-order valence-electron chi connectivity index (χ3n) is 3.98. The van der Waals surface area contributed by atoms with E-state index in [-0.39, 0.29) is 12.5 Å². The topological polar surface area (TPSA) is 65.1 Å². The molecule has 0 saturated heterocycles. The van der Waals surface area contributed by atoms with Crippen molar-refractivity contribution in [3.8, 4) is 0 Å². The number of aliphatic hydroxyl groups is 1.